The van der Waals surface area contributed by atoms with E-state index in [0.29, 0.717) is 63.9 Å². The van der Waals surface area contributed by atoms with E-state index in [1.165, 1.54) is 16.2 Å². The van der Waals surface area contributed by atoms with E-state index >= 15 is 0 Å². The van der Waals surface area contributed by atoms with E-state index in [1.807, 2.05) is 49.6 Å². The summed E-state index contributed by atoms with van der Waals surface area (Å²) in [5.41, 5.74) is 3.53. The van der Waals surface area contributed by atoms with Crippen LogP contribution in [0.15, 0.2) is 60.3 Å². The van der Waals surface area contributed by atoms with E-state index in [4.69, 9.17) is 24.2 Å². The van der Waals surface area contributed by atoms with Crippen molar-refractivity contribution in [3.05, 3.63) is 82.8 Å². The highest BCUT2D eigenvalue weighted by Gasteiger charge is 2.49. The predicted octanol–water partition coefficient (Wildman–Crippen LogP) is 7.02. The van der Waals surface area contributed by atoms with Crippen LogP contribution in [-0.4, -0.2) is 51.5 Å². The summed E-state index contributed by atoms with van der Waals surface area (Å²) in [6.07, 6.45) is 2.72. The van der Waals surface area contributed by atoms with Crippen LogP contribution in [0.1, 0.15) is 55.7 Å². The molecule has 0 bridgehead atoms. The number of hydrogen-bond acceptors (Lipinski definition) is 9. The number of benzene rings is 2. The quantitative estimate of drug-likeness (QED) is 0.0984. The molecule has 5 aromatic rings. The van der Waals surface area contributed by atoms with Crippen LogP contribution in [-0.2, 0) is 9.59 Å². The number of nitrogens with zero attached hydrogens (tertiary/aromatic N) is 4. The molecule has 6 rings (SSSR count). The summed E-state index contributed by atoms with van der Waals surface area (Å²) in [4.78, 5) is 38.6. The van der Waals surface area contributed by atoms with Crippen molar-refractivity contribution in [2.75, 3.05) is 25.2 Å². The van der Waals surface area contributed by atoms with Gasteiger partial charge in [0.25, 0.3) is 5.78 Å². The van der Waals surface area contributed by atoms with Gasteiger partial charge in [0, 0.05) is 6.20 Å². The van der Waals surface area contributed by atoms with Crippen molar-refractivity contribution < 1.29 is 28.9 Å². The third-order valence-electron chi connectivity index (χ3n) is 8.08. The molecule has 238 valence electrons. The average molecular weight is 641 g/mol. The van der Waals surface area contributed by atoms with Gasteiger partial charge in [-0.25, -0.2) is 9.97 Å². The van der Waals surface area contributed by atoms with Crippen molar-refractivity contribution in [1.29, 1.82) is 0 Å². The van der Waals surface area contributed by atoms with Gasteiger partial charge in [-0.15, -0.1) is 0 Å². The Morgan fingerprint density at radius 1 is 1.04 bits per heavy atom. The summed E-state index contributed by atoms with van der Waals surface area (Å²) in [6.45, 7) is 10.8. The minimum atomic E-state index is -1.02. The Balaban J connectivity index is 1.55. The van der Waals surface area contributed by atoms with Crippen molar-refractivity contribution >= 4 is 49.8 Å². The van der Waals surface area contributed by atoms with Crippen molar-refractivity contribution in [3.8, 4) is 17.2 Å². The predicted molar refractivity (Wildman–Crippen MR) is 178 cm³/mol. The fourth-order valence-corrected chi connectivity index (χ4v) is 6.65. The standard InChI is InChI=1S/C35H36N4O6S/c1-7-44-26-17-22(10-13-25(26)45-16-14-19(2)3)30-28(31(40)29-21(5)38-15-8-9-20(4)33(38)37-29)32(41)34(42)39(30)35-36-24-12-11-23(43-6)18-27(24)46-35/h8-13,15,17-19,30,40H,7,14,16H2,1-6H3/b31-28+. The molecule has 0 radical (unpaired) electrons. The molecule has 1 aliphatic rings. The van der Waals surface area contributed by atoms with Gasteiger partial charge < -0.3 is 23.7 Å². The largest absolute Gasteiger partial charge is 0.505 e. The summed E-state index contributed by atoms with van der Waals surface area (Å²) in [5.74, 6) is 0.158. The molecule has 1 amide bonds. The van der Waals surface area contributed by atoms with Crippen LogP contribution < -0.4 is 19.1 Å². The Hall–Kier alpha value is -4.90. The van der Waals surface area contributed by atoms with Gasteiger partial charge in [0.2, 0.25) is 0 Å². The van der Waals surface area contributed by atoms with Gasteiger partial charge in [0.15, 0.2) is 22.4 Å². The molecule has 1 unspecified atom stereocenters. The van der Waals surface area contributed by atoms with Gasteiger partial charge in [0.1, 0.15) is 17.1 Å². The maximum absolute atomic E-state index is 13.9. The maximum Gasteiger partial charge on any atom is 0.301 e. The Kier molecular flexibility index (Phi) is 8.43. The second kappa shape index (κ2) is 12.5. The number of carbonyl (C=O) groups is 2. The Morgan fingerprint density at radius 3 is 2.57 bits per heavy atom. The molecule has 0 spiro atoms. The Labute approximate surface area is 270 Å². The molecular weight excluding hydrogens is 604 g/mol. The van der Waals surface area contributed by atoms with Crippen LogP contribution in [0.3, 0.4) is 0 Å². The van der Waals surface area contributed by atoms with E-state index in [9.17, 15) is 14.7 Å². The number of ketones is 1. The van der Waals surface area contributed by atoms with Gasteiger partial charge in [-0.2, -0.15) is 0 Å². The lowest BCUT2D eigenvalue weighted by atomic mass is 9.96. The molecule has 1 N–H and O–H groups in total. The molecule has 2 aromatic carbocycles. The first-order chi connectivity index (χ1) is 22.1. The fourth-order valence-electron chi connectivity index (χ4n) is 5.63. The van der Waals surface area contributed by atoms with Gasteiger partial charge in [-0.1, -0.05) is 37.3 Å². The first-order valence-electron chi connectivity index (χ1n) is 15.2. The smallest absolute Gasteiger partial charge is 0.301 e. The topological polar surface area (TPSA) is 115 Å². The summed E-state index contributed by atoms with van der Waals surface area (Å²) in [5, 5.41) is 12.2. The molecule has 11 heteroatoms. The molecule has 46 heavy (non-hydrogen) atoms. The molecule has 0 saturated carbocycles. The monoisotopic (exact) mass is 640 g/mol. The number of aliphatic hydroxyl groups excluding tert-OH is 1. The lowest BCUT2D eigenvalue weighted by molar-refractivity contribution is -0.132. The fraction of sp³-hybridized carbons (Fsp3) is 0.314. The summed E-state index contributed by atoms with van der Waals surface area (Å²) in [6, 6.07) is 13.6. The molecular formula is C35H36N4O6S. The summed E-state index contributed by atoms with van der Waals surface area (Å²) < 4.78 is 20.1. The minimum absolute atomic E-state index is 0.0816. The zero-order valence-electron chi connectivity index (χ0n) is 26.7. The van der Waals surface area contributed by atoms with Crippen molar-refractivity contribution in [2.24, 2.45) is 5.92 Å². The second-order valence-electron chi connectivity index (χ2n) is 11.6. The van der Waals surface area contributed by atoms with Crippen LogP contribution in [0.4, 0.5) is 5.13 Å². The Morgan fingerprint density at radius 2 is 1.85 bits per heavy atom. The molecule has 1 fully saturated rings. The van der Waals surface area contributed by atoms with E-state index < -0.39 is 17.7 Å². The molecule has 3 aromatic heterocycles. The number of Topliss-reactive ketones (excluding diaryl/α,β-unsaturated/α-hetero) is 1. The number of hydrogen-bond donors (Lipinski definition) is 1. The summed E-state index contributed by atoms with van der Waals surface area (Å²) in [7, 11) is 1.58. The van der Waals surface area contributed by atoms with E-state index in [-0.39, 0.29) is 17.0 Å². The molecule has 10 nitrogen and oxygen atoms in total. The zero-order chi connectivity index (χ0) is 32.7. The number of thiazole rings is 1. The third kappa shape index (κ3) is 5.44. The van der Waals surface area contributed by atoms with Crippen molar-refractivity contribution in [3.63, 3.8) is 0 Å². The number of rotatable bonds is 10. The molecule has 0 aliphatic carbocycles. The first kappa shape index (κ1) is 31.1. The van der Waals surface area contributed by atoms with Gasteiger partial charge in [0.05, 0.1) is 47.8 Å². The SMILES string of the molecule is CCOc1cc(C2/C(=C(\O)c3nc4c(C)cccn4c3C)C(=O)C(=O)N2c2nc3ccc(OC)cc3s2)ccc1OCCC(C)C. The number of aryl methyl sites for hydroxylation is 2. The number of imidazole rings is 1. The maximum atomic E-state index is 13.9. The van der Waals surface area contributed by atoms with E-state index in [0.717, 1.165) is 16.7 Å². The number of aromatic nitrogens is 3. The third-order valence-corrected chi connectivity index (χ3v) is 9.10. The highest BCUT2D eigenvalue weighted by Crippen LogP contribution is 2.46. The van der Waals surface area contributed by atoms with Crippen LogP contribution in [0, 0.1) is 19.8 Å². The number of fused-ring (bicyclic) bond motifs is 2. The lowest BCUT2D eigenvalue weighted by Gasteiger charge is -2.24. The van der Waals surface area contributed by atoms with Gasteiger partial charge in [-0.3, -0.25) is 14.5 Å². The first-order valence-corrected chi connectivity index (χ1v) is 16.0. The molecule has 4 heterocycles. The van der Waals surface area contributed by atoms with Crippen molar-refractivity contribution in [2.45, 2.75) is 47.1 Å². The number of carbonyl (C=O) groups excluding carboxylic acids is 2. The highest BCUT2D eigenvalue weighted by molar-refractivity contribution is 7.22. The number of aliphatic hydroxyl groups is 1. The van der Waals surface area contributed by atoms with Gasteiger partial charge in [-0.05, 0) is 80.6 Å². The zero-order valence-corrected chi connectivity index (χ0v) is 27.5. The number of pyridine rings is 1. The number of amides is 1. The number of anilines is 1. The Bertz CT molecular complexity index is 2010. The van der Waals surface area contributed by atoms with Gasteiger partial charge >= 0.3 is 5.91 Å². The normalized spacial score (nSPS) is 16.2. The lowest BCUT2D eigenvalue weighted by Crippen LogP contribution is -2.29. The van der Waals surface area contributed by atoms with Crippen molar-refractivity contribution in [1.82, 2.24) is 14.4 Å². The average Bonchev–Trinajstić information content (AvgIpc) is 3.69. The molecule has 1 atom stereocenters. The van der Waals surface area contributed by atoms with Crippen LogP contribution in [0.2, 0.25) is 0 Å². The number of ether oxygens (including phenoxy) is 3. The number of methoxy groups -OCH3 is 1. The van der Waals surface area contributed by atoms with Crippen LogP contribution in [0.25, 0.3) is 21.6 Å². The van der Waals surface area contributed by atoms with E-state index in [1.54, 1.807) is 37.4 Å². The molecule has 1 aliphatic heterocycles. The molecule has 1 saturated heterocycles. The van der Waals surface area contributed by atoms with Crippen LogP contribution >= 0.6 is 11.3 Å². The van der Waals surface area contributed by atoms with Crippen LogP contribution in [0.5, 0.6) is 17.2 Å². The second-order valence-corrected chi connectivity index (χ2v) is 12.6. The van der Waals surface area contributed by atoms with E-state index in [2.05, 4.69) is 13.8 Å². The summed E-state index contributed by atoms with van der Waals surface area (Å²) >= 11 is 1.26. The highest BCUT2D eigenvalue weighted by atomic mass is 32.1. The minimum Gasteiger partial charge on any atom is -0.505 e.